The lowest BCUT2D eigenvalue weighted by Gasteiger charge is -2.12. The maximum atomic E-state index is 13.3. The summed E-state index contributed by atoms with van der Waals surface area (Å²) in [6.45, 7) is 1.68. The number of ether oxygens (including phenoxy) is 1. The van der Waals surface area contributed by atoms with Gasteiger partial charge >= 0.3 is 5.97 Å². The molecule has 0 aliphatic rings. The van der Waals surface area contributed by atoms with E-state index in [-0.39, 0.29) is 6.61 Å². The van der Waals surface area contributed by atoms with Crippen LogP contribution in [0.5, 0.6) is 0 Å². The van der Waals surface area contributed by atoms with Gasteiger partial charge in [-0.15, -0.1) is 11.3 Å². The summed E-state index contributed by atoms with van der Waals surface area (Å²) in [5.74, 6) is -1.03. The van der Waals surface area contributed by atoms with Crippen LogP contribution < -0.4 is 0 Å². The van der Waals surface area contributed by atoms with Crippen molar-refractivity contribution in [1.82, 2.24) is 0 Å². The van der Waals surface area contributed by atoms with Crippen molar-refractivity contribution in [3.63, 3.8) is 0 Å². The van der Waals surface area contributed by atoms with Crippen LogP contribution in [-0.4, -0.2) is 23.9 Å². The van der Waals surface area contributed by atoms with Gasteiger partial charge in [-0.1, -0.05) is 0 Å². The topological polar surface area (TPSA) is 46.5 Å². The van der Waals surface area contributed by atoms with Gasteiger partial charge in [-0.3, -0.25) is 0 Å². The number of thiophene rings is 1. The first kappa shape index (κ1) is 12.6. The molecule has 0 aliphatic carbocycles. The van der Waals surface area contributed by atoms with Crippen molar-refractivity contribution in [3.05, 3.63) is 20.8 Å². The monoisotopic (exact) mass is 296 g/mol. The molecule has 3 nitrogen and oxygen atoms in total. The molecule has 1 N–H and O–H groups in total. The van der Waals surface area contributed by atoms with E-state index in [2.05, 4.69) is 20.7 Å². The van der Waals surface area contributed by atoms with E-state index in [1.165, 1.54) is 11.3 Å². The predicted octanol–water partition coefficient (Wildman–Crippen LogP) is 2.45. The molecule has 0 spiro atoms. The second kappa shape index (κ2) is 5.58. The second-order valence-corrected chi connectivity index (χ2v) is 4.62. The van der Waals surface area contributed by atoms with Crippen LogP contribution in [0.3, 0.4) is 0 Å². The van der Waals surface area contributed by atoms with Crippen LogP contribution >= 0.6 is 27.3 Å². The Morgan fingerprint density at radius 3 is 2.93 bits per heavy atom. The first-order valence-corrected chi connectivity index (χ1v) is 5.96. The minimum atomic E-state index is -2.03. The van der Waals surface area contributed by atoms with Crippen molar-refractivity contribution in [3.8, 4) is 0 Å². The molecule has 15 heavy (non-hydrogen) atoms. The van der Waals surface area contributed by atoms with Crippen LogP contribution in [0.15, 0.2) is 15.9 Å². The molecular formula is C9H10BrFO3S. The Morgan fingerprint density at radius 2 is 2.47 bits per heavy atom. The smallest absolute Gasteiger partial charge is 0.343 e. The summed E-state index contributed by atoms with van der Waals surface area (Å²) in [6, 6.07) is 1.57. The second-order valence-electron chi connectivity index (χ2n) is 2.77. The maximum absolute atomic E-state index is 13.3. The number of rotatable bonds is 4. The van der Waals surface area contributed by atoms with Crippen LogP contribution in [0.25, 0.3) is 0 Å². The first-order chi connectivity index (χ1) is 7.06. The number of aliphatic hydroxyl groups excluding tert-OH is 1. The van der Waals surface area contributed by atoms with Crippen LogP contribution in [-0.2, 0) is 9.53 Å². The van der Waals surface area contributed by atoms with Crippen LogP contribution in [0.2, 0.25) is 0 Å². The number of alkyl halides is 1. The molecule has 1 aromatic rings. The van der Waals surface area contributed by atoms with Gasteiger partial charge in [0.2, 0.25) is 6.17 Å². The standard InChI is InChI=1S/C9H10BrFO3S/c1-2-14-9(13)7(11)8(12)6-3-5(10)4-15-6/h3-4,7-8,12H,2H2,1H3. The molecule has 6 heteroatoms. The largest absolute Gasteiger partial charge is 0.464 e. The lowest BCUT2D eigenvalue weighted by molar-refractivity contribution is -0.153. The fourth-order valence-electron chi connectivity index (χ4n) is 0.978. The van der Waals surface area contributed by atoms with Gasteiger partial charge in [0.15, 0.2) is 0 Å². The zero-order chi connectivity index (χ0) is 11.4. The fourth-order valence-corrected chi connectivity index (χ4v) is 2.43. The van der Waals surface area contributed by atoms with Gasteiger partial charge in [0.1, 0.15) is 6.10 Å². The van der Waals surface area contributed by atoms with Crippen molar-refractivity contribution >= 4 is 33.2 Å². The molecule has 0 saturated heterocycles. The molecule has 0 radical (unpaired) electrons. The van der Waals surface area contributed by atoms with Crippen LogP contribution in [0.1, 0.15) is 17.9 Å². The molecule has 0 aliphatic heterocycles. The molecule has 2 unspecified atom stereocenters. The molecular weight excluding hydrogens is 287 g/mol. The van der Waals surface area contributed by atoms with E-state index < -0.39 is 18.2 Å². The summed E-state index contributed by atoms with van der Waals surface area (Å²) in [4.78, 5) is 11.4. The Kier molecular flexibility index (Phi) is 4.69. The maximum Gasteiger partial charge on any atom is 0.343 e. The molecule has 84 valence electrons. The van der Waals surface area contributed by atoms with Crippen molar-refractivity contribution in [2.24, 2.45) is 0 Å². The van der Waals surface area contributed by atoms with Gasteiger partial charge in [-0.05, 0) is 28.9 Å². The van der Waals surface area contributed by atoms with Gasteiger partial charge in [-0.2, -0.15) is 0 Å². The lowest BCUT2D eigenvalue weighted by Crippen LogP contribution is -2.25. The van der Waals surface area contributed by atoms with Crippen LogP contribution in [0, 0.1) is 0 Å². The Hall–Kier alpha value is -0.460. The number of carbonyl (C=O) groups excluding carboxylic acids is 1. The Balaban J connectivity index is 2.67. The highest BCUT2D eigenvalue weighted by molar-refractivity contribution is 9.10. The molecule has 0 amide bonds. The molecule has 0 aromatic carbocycles. The molecule has 1 rings (SSSR count). The predicted molar refractivity (Wildman–Crippen MR) is 58.5 cm³/mol. The summed E-state index contributed by atoms with van der Waals surface area (Å²) in [5.41, 5.74) is 0. The first-order valence-electron chi connectivity index (χ1n) is 4.29. The molecule has 0 fully saturated rings. The number of esters is 1. The zero-order valence-electron chi connectivity index (χ0n) is 7.94. The van der Waals surface area contributed by atoms with E-state index in [9.17, 15) is 14.3 Å². The number of hydrogen-bond donors (Lipinski definition) is 1. The summed E-state index contributed by atoms with van der Waals surface area (Å²) in [6.07, 6.45) is -3.49. The molecule has 0 bridgehead atoms. The minimum absolute atomic E-state index is 0.0973. The normalized spacial score (nSPS) is 14.7. The molecule has 1 heterocycles. The number of hydrogen-bond acceptors (Lipinski definition) is 4. The average molecular weight is 297 g/mol. The third kappa shape index (κ3) is 3.25. The van der Waals surface area contributed by atoms with Crippen molar-refractivity contribution < 1.29 is 19.0 Å². The van der Waals surface area contributed by atoms with Crippen molar-refractivity contribution in [2.45, 2.75) is 19.2 Å². The average Bonchev–Trinajstić information content (AvgIpc) is 2.63. The zero-order valence-corrected chi connectivity index (χ0v) is 10.3. The molecule has 2 atom stereocenters. The van der Waals surface area contributed by atoms with Gasteiger partial charge in [0.25, 0.3) is 0 Å². The Bertz CT molecular complexity index is 342. The highest BCUT2D eigenvalue weighted by Gasteiger charge is 2.29. The van der Waals surface area contributed by atoms with Gasteiger partial charge in [0, 0.05) is 14.7 Å². The third-order valence-corrected chi connectivity index (χ3v) is 3.43. The number of aliphatic hydroxyl groups is 1. The fraction of sp³-hybridized carbons (Fsp3) is 0.444. The quantitative estimate of drug-likeness (QED) is 0.868. The van der Waals surface area contributed by atoms with E-state index in [1.54, 1.807) is 18.4 Å². The van der Waals surface area contributed by atoms with Gasteiger partial charge in [-0.25, -0.2) is 9.18 Å². The minimum Gasteiger partial charge on any atom is -0.464 e. The summed E-state index contributed by atoms with van der Waals surface area (Å²) in [5, 5.41) is 11.2. The van der Waals surface area contributed by atoms with E-state index in [4.69, 9.17) is 0 Å². The Labute approximate surface area is 99.0 Å². The van der Waals surface area contributed by atoms with E-state index in [0.29, 0.717) is 4.88 Å². The van der Waals surface area contributed by atoms with E-state index in [0.717, 1.165) is 4.47 Å². The SMILES string of the molecule is CCOC(=O)C(F)C(O)c1cc(Br)cs1. The summed E-state index contributed by atoms with van der Waals surface area (Å²) in [7, 11) is 0. The summed E-state index contributed by atoms with van der Waals surface area (Å²) < 4.78 is 18.6. The van der Waals surface area contributed by atoms with Gasteiger partial charge in [0.05, 0.1) is 6.61 Å². The van der Waals surface area contributed by atoms with E-state index >= 15 is 0 Å². The van der Waals surface area contributed by atoms with Crippen molar-refractivity contribution in [2.75, 3.05) is 6.61 Å². The third-order valence-electron chi connectivity index (χ3n) is 1.67. The van der Waals surface area contributed by atoms with Gasteiger partial charge < -0.3 is 9.84 Å². The van der Waals surface area contributed by atoms with E-state index in [1.807, 2.05) is 0 Å². The highest BCUT2D eigenvalue weighted by atomic mass is 79.9. The van der Waals surface area contributed by atoms with Crippen LogP contribution in [0.4, 0.5) is 4.39 Å². The van der Waals surface area contributed by atoms with Crippen molar-refractivity contribution in [1.29, 1.82) is 0 Å². The number of carbonyl (C=O) groups is 1. The highest BCUT2D eigenvalue weighted by Crippen LogP contribution is 2.29. The Morgan fingerprint density at radius 1 is 1.80 bits per heavy atom. The molecule has 0 saturated carbocycles. The number of halogens is 2. The summed E-state index contributed by atoms with van der Waals surface area (Å²) >= 11 is 4.35. The lowest BCUT2D eigenvalue weighted by atomic mass is 10.2. The molecule has 1 aromatic heterocycles.